The molecule has 0 aliphatic rings. The average molecular weight is 250 g/mol. The Kier molecular flexibility index (Phi) is 5.49. The van der Waals surface area contributed by atoms with Crippen LogP contribution in [0.25, 0.3) is 6.08 Å². The number of hydrogen-bond donors (Lipinski definition) is 1. The molecule has 0 spiro atoms. The maximum absolute atomic E-state index is 11.6. The maximum Gasteiger partial charge on any atom is 0.379 e. The van der Waals surface area contributed by atoms with Crippen molar-refractivity contribution in [3.05, 3.63) is 41.5 Å². The van der Waals surface area contributed by atoms with Crippen molar-refractivity contribution in [1.82, 2.24) is 0 Å². The van der Waals surface area contributed by atoms with Crippen molar-refractivity contribution in [2.75, 3.05) is 12.4 Å². The second-order valence-electron chi connectivity index (χ2n) is 3.26. The van der Waals surface area contributed by atoms with Crippen LogP contribution >= 0.6 is 12.6 Å². The molecule has 90 valence electrons. The van der Waals surface area contributed by atoms with Gasteiger partial charge in [0, 0.05) is 11.3 Å². The number of thiol groups is 1. The number of hydrogen-bond acceptors (Lipinski definition) is 4. The van der Waals surface area contributed by atoms with Gasteiger partial charge in [-0.1, -0.05) is 36.4 Å². The fourth-order valence-corrected chi connectivity index (χ4v) is 1.35. The normalized spacial score (nSPS) is 10.5. The molecule has 3 nitrogen and oxygen atoms in total. The lowest BCUT2D eigenvalue weighted by Gasteiger charge is -2.01. The molecule has 17 heavy (non-hydrogen) atoms. The summed E-state index contributed by atoms with van der Waals surface area (Å²) >= 11 is 4.05. The first kappa shape index (κ1) is 13.5. The zero-order valence-corrected chi connectivity index (χ0v) is 10.4. The summed E-state index contributed by atoms with van der Waals surface area (Å²) in [5.41, 5.74) is 1.30. The van der Waals surface area contributed by atoms with E-state index >= 15 is 0 Å². The van der Waals surface area contributed by atoms with Gasteiger partial charge in [0.2, 0.25) is 0 Å². The van der Waals surface area contributed by atoms with Crippen LogP contribution in [0, 0.1) is 0 Å². The van der Waals surface area contributed by atoms with Gasteiger partial charge in [0.1, 0.15) is 0 Å². The van der Waals surface area contributed by atoms with E-state index in [1.54, 1.807) is 31.2 Å². The standard InChI is InChI=1S/C13H14O3S/c1-2-16-13(15)12(14)11-7-5-10(6-8-11)4-3-9-17/h3-8,17H,2,9H2,1H3. The predicted octanol–water partition coefficient (Wildman–Crippen LogP) is 2.38. The van der Waals surface area contributed by atoms with E-state index in [0.717, 1.165) is 5.56 Å². The number of esters is 1. The molecule has 0 aliphatic carbocycles. The highest BCUT2D eigenvalue weighted by Gasteiger charge is 2.16. The lowest BCUT2D eigenvalue weighted by molar-refractivity contribution is -0.137. The highest BCUT2D eigenvalue weighted by atomic mass is 32.1. The number of carbonyl (C=O) groups is 2. The first-order chi connectivity index (χ1) is 8.19. The van der Waals surface area contributed by atoms with Crippen molar-refractivity contribution < 1.29 is 14.3 Å². The first-order valence-corrected chi connectivity index (χ1v) is 5.91. The van der Waals surface area contributed by atoms with E-state index in [0.29, 0.717) is 11.3 Å². The van der Waals surface area contributed by atoms with Gasteiger partial charge in [-0.3, -0.25) is 4.79 Å². The molecule has 0 unspecified atom stereocenters. The van der Waals surface area contributed by atoms with Gasteiger partial charge in [0.05, 0.1) is 6.61 Å². The van der Waals surface area contributed by atoms with Crippen LogP contribution < -0.4 is 0 Å². The monoisotopic (exact) mass is 250 g/mol. The third-order valence-electron chi connectivity index (χ3n) is 2.05. The molecule has 0 saturated heterocycles. The number of carbonyl (C=O) groups excluding carboxylic acids is 2. The van der Waals surface area contributed by atoms with Crippen LogP contribution in [0.3, 0.4) is 0 Å². The van der Waals surface area contributed by atoms with Crippen LogP contribution in [0.2, 0.25) is 0 Å². The molecule has 1 aromatic carbocycles. The zero-order valence-electron chi connectivity index (χ0n) is 9.55. The largest absolute Gasteiger partial charge is 0.460 e. The molecule has 0 aliphatic heterocycles. The zero-order chi connectivity index (χ0) is 12.7. The van der Waals surface area contributed by atoms with Gasteiger partial charge >= 0.3 is 5.97 Å². The van der Waals surface area contributed by atoms with Crippen molar-refractivity contribution in [1.29, 1.82) is 0 Å². The van der Waals surface area contributed by atoms with E-state index in [2.05, 4.69) is 17.4 Å². The number of ketones is 1. The summed E-state index contributed by atoms with van der Waals surface area (Å²) in [7, 11) is 0. The Morgan fingerprint density at radius 3 is 2.47 bits per heavy atom. The molecule has 0 N–H and O–H groups in total. The summed E-state index contributed by atoms with van der Waals surface area (Å²) < 4.78 is 4.64. The van der Waals surface area contributed by atoms with Crippen molar-refractivity contribution >= 4 is 30.5 Å². The summed E-state index contributed by atoms with van der Waals surface area (Å²) in [4.78, 5) is 22.8. The van der Waals surface area contributed by atoms with Crippen LogP contribution in [-0.2, 0) is 9.53 Å². The van der Waals surface area contributed by atoms with Crippen molar-refractivity contribution in [2.24, 2.45) is 0 Å². The van der Waals surface area contributed by atoms with Crippen LogP contribution in [0.1, 0.15) is 22.8 Å². The minimum atomic E-state index is -0.814. The number of benzene rings is 1. The molecule has 0 saturated carbocycles. The third-order valence-corrected chi connectivity index (χ3v) is 2.26. The molecule has 0 radical (unpaired) electrons. The van der Waals surface area contributed by atoms with Crippen molar-refractivity contribution in [2.45, 2.75) is 6.92 Å². The highest BCUT2D eigenvalue weighted by molar-refractivity contribution is 7.80. The van der Waals surface area contributed by atoms with Gasteiger partial charge in [0.25, 0.3) is 5.78 Å². The van der Waals surface area contributed by atoms with E-state index in [-0.39, 0.29) is 6.61 Å². The van der Waals surface area contributed by atoms with Gasteiger partial charge in [-0.05, 0) is 12.5 Å². The topological polar surface area (TPSA) is 43.4 Å². The lowest BCUT2D eigenvalue weighted by atomic mass is 10.1. The van der Waals surface area contributed by atoms with Crippen LogP contribution in [0.5, 0.6) is 0 Å². The molecule has 0 fully saturated rings. The minimum absolute atomic E-state index is 0.202. The fourth-order valence-electron chi connectivity index (χ4n) is 1.25. The van der Waals surface area contributed by atoms with E-state index in [4.69, 9.17) is 0 Å². The molecule has 0 amide bonds. The van der Waals surface area contributed by atoms with Gasteiger partial charge in [-0.15, -0.1) is 0 Å². The quantitative estimate of drug-likeness (QED) is 0.377. The van der Waals surface area contributed by atoms with Gasteiger partial charge < -0.3 is 4.74 Å². The van der Waals surface area contributed by atoms with Gasteiger partial charge in [0.15, 0.2) is 0 Å². The van der Waals surface area contributed by atoms with Gasteiger partial charge in [-0.25, -0.2) is 4.79 Å². The van der Waals surface area contributed by atoms with Crippen LogP contribution in [0.15, 0.2) is 30.3 Å². The summed E-state index contributed by atoms with van der Waals surface area (Å²) in [6.07, 6.45) is 3.79. The molecule has 0 heterocycles. The van der Waals surface area contributed by atoms with Crippen LogP contribution in [0.4, 0.5) is 0 Å². The summed E-state index contributed by atoms with van der Waals surface area (Å²) in [5.74, 6) is -0.772. The minimum Gasteiger partial charge on any atom is -0.460 e. The Labute approximate surface area is 106 Å². The summed E-state index contributed by atoms with van der Waals surface area (Å²) in [6.45, 7) is 1.86. The van der Waals surface area contributed by atoms with Crippen molar-refractivity contribution in [3.8, 4) is 0 Å². The lowest BCUT2D eigenvalue weighted by Crippen LogP contribution is -2.17. The number of Topliss-reactive ketones (excluding diaryl/α,β-unsaturated/α-hetero) is 1. The summed E-state index contributed by atoms with van der Waals surface area (Å²) in [6, 6.07) is 6.76. The molecule has 0 bridgehead atoms. The molecular formula is C13H14O3S. The highest BCUT2D eigenvalue weighted by Crippen LogP contribution is 2.08. The molecule has 1 rings (SSSR count). The Balaban J connectivity index is 2.77. The molecule has 1 aromatic rings. The van der Waals surface area contributed by atoms with Gasteiger partial charge in [-0.2, -0.15) is 12.6 Å². The molecule has 0 aromatic heterocycles. The fraction of sp³-hybridized carbons (Fsp3) is 0.231. The number of rotatable bonds is 5. The van der Waals surface area contributed by atoms with E-state index in [9.17, 15) is 9.59 Å². The van der Waals surface area contributed by atoms with Crippen molar-refractivity contribution in [3.63, 3.8) is 0 Å². The second kappa shape index (κ2) is 6.91. The Morgan fingerprint density at radius 2 is 1.94 bits per heavy atom. The van der Waals surface area contributed by atoms with E-state index in [1.807, 2.05) is 12.2 Å². The van der Waals surface area contributed by atoms with Crippen LogP contribution in [-0.4, -0.2) is 24.1 Å². The average Bonchev–Trinajstić information content (AvgIpc) is 2.36. The molecule has 0 atom stereocenters. The first-order valence-electron chi connectivity index (χ1n) is 5.28. The van der Waals surface area contributed by atoms with E-state index < -0.39 is 11.8 Å². The van der Waals surface area contributed by atoms with E-state index in [1.165, 1.54) is 0 Å². The third kappa shape index (κ3) is 4.07. The Bertz CT molecular complexity index is 421. The smallest absolute Gasteiger partial charge is 0.379 e. The molecule has 4 heteroatoms. The Morgan fingerprint density at radius 1 is 1.29 bits per heavy atom. The number of ether oxygens (including phenoxy) is 1. The summed E-state index contributed by atoms with van der Waals surface area (Å²) in [5, 5.41) is 0. The maximum atomic E-state index is 11.6. The molecular weight excluding hydrogens is 236 g/mol. The second-order valence-corrected chi connectivity index (χ2v) is 3.62. The SMILES string of the molecule is CCOC(=O)C(=O)c1ccc(C=CCS)cc1. The predicted molar refractivity (Wildman–Crippen MR) is 70.3 cm³/mol. The Hall–Kier alpha value is -1.55.